The maximum Gasteiger partial charge on any atom is 0.413 e. The van der Waals surface area contributed by atoms with Crippen LogP contribution in [0.4, 0.5) is 10.6 Å². The third kappa shape index (κ3) is 12.4. The molecule has 22 heteroatoms. The minimum Gasteiger partial charge on any atom is -0.756 e. The summed E-state index contributed by atoms with van der Waals surface area (Å²) in [4.78, 5) is 78.6. The molecule has 1 aliphatic heterocycles. The maximum atomic E-state index is 12.9. The van der Waals surface area contributed by atoms with Gasteiger partial charge in [-0.3, -0.25) is 23.6 Å². The lowest BCUT2D eigenvalue weighted by atomic mass is 10.1. The van der Waals surface area contributed by atoms with Gasteiger partial charge in [-0.05, 0) is 29.3 Å². The highest BCUT2D eigenvalue weighted by atomic mass is 31.3. The third-order valence-corrected chi connectivity index (χ3v) is 11.2. The number of benzene rings is 3. The number of hydrogen-bond donors (Lipinski definition) is 1. The van der Waals surface area contributed by atoms with Gasteiger partial charge in [-0.25, -0.2) is 23.0 Å². The Balaban J connectivity index is 1.22. The van der Waals surface area contributed by atoms with Crippen LogP contribution in [0.25, 0.3) is 0 Å². The van der Waals surface area contributed by atoms with Crippen molar-refractivity contribution in [3.8, 4) is 0 Å². The summed E-state index contributed by atoms with van der Waals surface area (Å²) in [5.74, 6) is -1.03. The monoisotopic (exact) mass is 792 g/mol. The number of amides is 1. The van der Waals surface area contributed by atoms with Crippen LogP contribution in [-0.2, 0) is 58.8 Å². The number of phosphoric acid groups is 3. The SMILES string of the molecule is O=C(Nc1ccn([C@H]2C[C@@H](OC(=O)c3ccccc3)[C@@H](COP(=O)([O-])OP(=O)([O-])OP(=O)([O-])OCc3ccccc3)O2)c(=O)n1)OCc1ccccc1. The Bertz CT molecular complexity index is 2070. The zero-order valence-corrected chi connectivity index (χ0v) is 29.8. The summed E-state index contributed by atoms with van der Waals surface area (Å²) in [6.07, 6.45) is -3.97. The zero-order chi connectivity index (χ0) is 38.1. The van der Waals surface area contributed by atoms with Crippen molar-refractivity contribution in [1.82, 2.24) is 9.55 Å². The van der Waals surface area contributed by atoms with Gasteiger partial charge in [0.2, 0.25) is 0 Å². The van der Waals surface area contributed by atoms with Crippen LogP contribution in [0.1, 0.15) is 34.1 Å². The van der Waals surface area contributed by atoms with E-state index in [-0.39, 0.29) is 24.4 Å². The van der Waals surface area contributed by atoms with E-state index in [1.807, 2.05) is 0 Å². The van der Waals surface area contributed by atoms with Crippen LogP contribution in [0.2, 0.25) is 0 Å². The van der Waals surface area contributed by atoms with Crippen molar-refractivity contribution in [3.05, 3.63) is 130 Å². The van der Waals surface area contributed by atoms with Crippen LogP contribution < -0.4 is 25.7 Å². The normalized spacial score (nSPS) is 20.3. The van der Waals surface area contributed by atoms with Crippen LogP contribution >= 0.6 is 23.5 Å². The molecule has 2 heterocycles. The third-order valence-electron chi connectivity index (χ3n) is 7.06. The Morgan fingerprint density at radius 1 is 0.792 bits per heavy atom. The second-order valence-corrected chi connectivity index (χ2v) is 15.4. The van der Waals surface area contributed by atoms with Crippen molar-refractivity contribution in [1.29, 1.82) is 0 Å². The number of phosphoric ester groups is 2. The van der Waals surface area contributed by atoms with Gasteiger partial charge in [0.15, 0.2) is 0 Å². The molecule has 6 atom stereocenters. The summed E-state index contributed by atoms with van der Waals surface area (Å²) in [6, 6.07) is 25.4. The van der Waals surface area contributed by atoms with Gasteiger partial charge in [-0.15, -0.1) is 0 Å². The molecule has 1 N–H and O–H groups in total. The predicted molar refractivity (Wildman–Crippen MR) is 175 cm³/mol. The van der Waals surface area contributed by atoms with Crippen molar-refractivity contribution < 1.29 is 69.8 Å². The number of rotatable bonds is 16. The van der Waals surface area contributed by atoms with E-state index in [0.29, 0.717) is 5.56 Å². The number of nitrogens with zero attached hydrogens (tertiary/aromatic N) is 2. The van der Waals surface area contributed by atoms with Crippen LogP contribution in [0.5, 0.6) is 0 Å². The number of anilines is 1. The van der Waals surface area contributed by atoms with Crippen LogP contribution in [0.15, 0.2) is 108 Å². The summed E-state index contributed by atoms with van der Waals surface area (Å²) in [7, 11) is -17.7. The number of nitrogens with one attached hydrogen (secondary N) is 1. The van der Waals surface area contributed by atoms with E-state index >= 15 is 0 Å². The van der Waals surface area contributed by atoms with Gasteiger partial charge in [0.05, 0.1) is 18.8 Å². The summed E-state index contributed by atoms with van der Waals surface area (Å²) in [6.45, 7) is -1.72. The fourth-order valence-corrected chi connectivity index (χ4v) is 8.05. The van der Waals surface area contributed by atoms with Gasteiger partial charge >= 0.3 is 17.8 Å². The molecular weight excluding hydrogens is 763 g/mol. The molecule has 1 aliphatic rings. The molecule has 19 nitrogen and oxygen atoms in total. The molecule has 1 saturated heterocycles. The number of ether oxygens (including phenoxy) is 3. The molecule has 3 aromatic carbocycles. The van der Waals surface area contributed by atoms with Gasteiger partial charge < -0.3 is 37.9 Å². The molecule has 53 heavy (non-hydrogen) atoms. The molecule has 5 rings (SSSR count). The van der Waals surface area contributed by atoms with Gasteiger partial charge in [-0.2, -0.15) is 4.98 Å². The van der Waals surface area contributed by atoms with Gasteiger partial charge in [0.25, 0.3) is 23.5 Å². The standard InChI is InChI=1S/C31H32N3O16P3/c35-29(24-14-8-3-9-15-24)48-25-18-28(34-17-16-27(32-30(34)36)33-31(37)44-19-22-10-4-1-5-11-22)47-26(25)21-46-52(40,41)50-53(42,43)49-51(38,39)45-20-23-12-6-2-7-13-23/h1-17,25-26,28H,18-21H2,(H,38,39)(H,40,41)(H,42,43)(H,32,33,36,37)/p-3/t25-,26-,28-/m1/s1. The molecule has 0 saturated carbocycles. The number of hydrogen-bond acceptors (Lipinski definition) is 17. The molecule has 1 amide bonds. The molecule has 0 radical (unpaired) electrons. The minimum atomic E-state index is -6.17. The van der Waals surface area contributed by atoms with Crippen molar-refractivity contribution in [2.75, 3.05) is 11.9 Å². The first-order valence-corrected chi connectivity index (χ1v) is 19.7. The van der Waals surface area contributed by atoms with Gasteiger partial charge in [-0.1, -0.05) is 78.9 Å². The quantitative estimate of drug-likeness (QED) is 0.126. The average molecular weight is 792 g/mol. The van der Waals surface area contributed by atoms with Crippen molar-refractivity contribution >= 4 is 41.3 Å². The second kappa shape index (κ2) is 17.6. The highest BCUT2D eigenvalue weighted by Gasteiger charge is 2.41. The van der Waals surface area contributed by atoms with Crippen molar-refractivity contribution in [2.24, 2.45) is 0 Å². The summed E-state index contributed by atoms with van der Waals surface area (Å²) >= 11 is 0. The van der Waals surface area contributed by atoms with E-state index in [9.17, 15) is 42.8 Å². The smallest absolute Gasteiger partial charge is 0.413 e. The number of carbonyl (C=O) groups excluding carboxylic acids is 2. The number of aromatic nitrogens is 2. The van der Waals surface area contributed by atoms with E-state index in [4.69, 9.17) is 14.2 Å². The van der Waals surface area contributed by atoms with E-state index in [0.717, 1.165) is 10.1 Å². The van der Waals surface area contributed by atoms with Crippen LogP contribution in [0, 0.1) is 0 Å². The molecule has 1 aromatic heterocycles. The van der Waals surface area contributed by atoms with Crippen LogP contribution in [0.3, 0.4) is 0 Å². The lowest BCUT2D eigenvalue weighted by molar-refractivity contribution is -0.252. The fourth-order valence-electron chi connectivity index (χ4n) is 4.69. The largest absolute Gasteiger partial charge is 0.756 e. The van der Waals surface area contributed by atoms with Gasteiger partial charge in [0.1, 0.15) is 30.9 Å². The zero-order valence-electron chi connectivity index (χ0n) is 27.1. The molecular formula is C31H29N3O16P3-3. The first-order valence-electron chi connectivity index (χ1n) is 15.3. The Hall–Kier alpha value is -4.35. The van der Waals surface area contributed by atoms with E-state index < -0.39 is 72.9 Å². The lowest BCUT2D eigenvalue weighted by Crippen LogP contribution is -2.32. The molecule has 4 aromatic rings. The Morgan fingerprint density at radius 2 is 1.36 bits per heavy atom. The molecule has 0 aliphatic carbocycles. The second-order valence-electron chi connectivity index (χ2n) is 10.9. The Morgan fingerprint density at radius 3 is 1.96 bits per heavy atom. The molecule has 0 spiro atoms. The first-order chi connectivity index (χ1) is 25.2. The van der Waals surface area contributed by atoms with E-state index in [2.05, 4.69) is 28.0 Å². The average Bonchev–Trinajstić information content (AvgIpc) is 3.51. The highest BCUT2D eigenvalue weighted by Crippen LogP contribution is 2.63. The summed E-state index contributed by atoms with van der Waals surface area (Å²) in [5, 5.41) is 2.32. The molecule has 282 valence electrons. The molecule has 1 fully saturated rings. The molecule has 0 bridgehead atoms. The Labute approximate surface area is 300 Å². The van der Waals surface area contributed by atoms with Crippen molar-refractivity contribution in [3.63, 3.8) is 0 Å². The maximum absolute atomic E-state index is 12.9. The number of esters is 1. The van der Waals surface area contributed by atoms with E-state index in [1.54, 1.807) is 66.7 Å². The summed E-state index contributed by atoms with van der Waals surface area (Å²) in [5.41, 5.74) is 0.222. The van der Waals surface area contributed by atoms with Crippen molar-refractivity contribution in [2.45, 2.75) is 38.1 Å². The summed E-state index contributed by atoms with van der Waals surface area (Å²) < 4.78 is 71.0. The number of carbonyl (C=O) groups is 2. The predicted octanol–water partition coefficient (Wildman–Crippen LogP) is 3.18. The minimum absolute atomic E-state index is 0.0461. The Kier molecular flexibility index (Phi) is 13.3. The molecule has 3 unspecified atom stereocenters. The topological polar surface area (TPSA) is 266 Å². The highest BCUT2D eigenvalue weighted by molar-refractivity contribution is 7.65. The van der Waals surface area contributed by atoms with E-state index in [1.165, 1.54) is 36.5 Å². The van der Waals surface area contributed by atoms with Crippen LogP contribution in [-0.4, -0.2) is 40.4 Å². The lowest BCUT2D eigenvalue weighted by Gasteiger charge is -2.34. The van der Waals surface area contributed by atoms with Gasteiger partial charge in [0, 0.05) is 12.6 Å². The first kappa shape index (κ1) is 39.8. The fraction of sp³-hybridized carbons (Fsp3) is 0.226.